The van der Waals surface area contributed by atoms with Gasteiger partial charge in [0.25, 0.3) is 0 Å². The Kier molecular flexibility index (Phi) is 2.71. The molecule has 0 radical (unpaired) electrons. The molecule has 2 heterocycles. The van der Waals surface area contributed by atoms with E-state index in [1.165, 1.54) is 12.4 Å². The van der Waals surface area contributed by atoms with Gasteiger partial charge in [-0.2, -0.15) is 0 Å². The zero-order chi connectivity index (χ0) is 14.4. The van der Waals surface area contributed by atoms with Crippen LogP contribution in [0.5, 0.6) is 0 Å². The maximum atomic E-state index is 14.3. The van der Waals surface area contributed by atoms with Crippen LogP contribution in [0, 0.1) is 26.6 Å². The van der Waals surface area contributed by atoms with Crippen LogP contribution in [-0.2, 0) is 0 Å². The van der Waals surface area contributed by atoms with Crippen molar-refractivity contribution in [3.05, 3.63) is 47.2 Å². The quantitative estimate of drug-likeness (QED) is 0.739. The first-order valence-corrected chi connectivity index (χ1v) is 6.35. The number of halogens is 1. The molecule has 102 valence electrons. The third-order valence-corrected chi connectivity index (χ3v) is 3.67. The summed E-state index contributed by atoms with van der Waals surface area (Å²) in [4.78, 5) is 8.28. The smallest absolute Gasteiger partial charge is 0.150 e. The normalized spacial score (nSPS) is 11.2. The van der Waals surface area contributed by atoms with Gasteiger partial charge in [-0.05, 0) is 44.0 Å². The molecule has 0 unspecified atom stereocenters. The number of benzene rings is 1. The highest BCUT2D eigenvalue weighted by molar-refractivity contribution is 5.92. The van der Waals surface area contributed by atoms with Crippen molar-refractivity contribution in [1.82, 2.24) is 14.5 Å². The van der Waals surface area contributed by atoms with Gasteiger partial charge in [-0.15, -0.1) is 0 Å². The van der Waals surface area contributed by atoms with Crippen LogP contribution in [0.15, 0.2) is 24.5 Å². The average molecular weight is 270 g/mol. The van der Waals surface area contributed by atoms with Crippen LogP contribution in [0.4, 0.5) is 10.2 Å². The molecule has 4 nitrogen and oxygen atoms in total. The minimum absolute atomic E-state index is 0.276. The van der Waals surface area contributed by atoms with E-state index in [0.29, 0.717) is 17.2 Å². The van der Waals surface area contributed by atoms with Crippen molar-refractivity contribution in [2.24, 2.45) is 0 Å². The van der Waals surface area contributed by atoms with E-state index in [9.17, 15) is 4.39 Å². The minimum Gasteiger partial charge on any atom is -0.383 e. The Morgan fingerprint density at radius 3 is 2.60 bits per heavy atom. The summed E-state index contributed by atoms with van der Waals surface area (Å²) in [6, 6.07) is 5.15. The first kappa shape index (κ1) is 12.6. The molecule has 2 aromatic heterocycles. The number of anilines is 1. The third-order valence-electron chi connectivity index (χ3n) is 3.67. The average Bonchev–Trinajstić information content (AvgIpc) is 2.64. The lowest BCUT2D eigenvalue weighted by Crippen LogP contribution is -2.02. The van der Waals surface area contributed by atoms with Crippen molar-refractivity contribution in [3.63, 3.8) is 0 Å². The Bertz CT molecular complexity index is 820. The molecule has 20 heavy (non-hydrogen) atoms. The summed E-state index contributed by atoms with van der Waals surface area (Å²) in [6.07, 6.45) is 1.40. The standard InChI is InChI=1S/C15H15FN4/c1-8-4-5-12(11(16)6-8)20-10(3)9(2)13-14(17)18-7-19-15(13)20/h4-7H,1-3H3,(H2,17,18,19). The molecule has 0 atom stereocenters. The van der Waals surface area contributed by atoms with E-state index < -0.39 is 0 Å². The fourth-order valence-electron chi connectivity index (χ4n) is 2.51. The Morgan fingerprint density at radius 1 is 1.15 bits per heavy atom. The van der Waals surface area contributed by atoms with Crippen LogP contribution >= 0.6 is 0 Å². The number of nitrogens with zero attached hydrogens (tertiary/aromatic N) is 3. The molecule has 0 aliphatic carbocycles. The van der Waals surface area contributed by atoms with E-state index in [4.69, 9.17) is 5.73 Å². The fourth-order valence-corrected chi connectivity index (χ4v) is 2.51. The lowest BCUT2D eigenvalue weighted by Gasteiger charge is -2.09. The van der Waals surface area contributed by atoms with E-state index in [0.717, 1.165) is 22.2 Å². The summed E-state index contributed by atoms with van der Waals surface area (Å²) in [5.74, 6) is 0.143. The van der Waals surface area contributed by atoms with Crippen LogP contribution in [-0.4, -0.2) is 14.5 Å². The second-order valence-corrected chi connectivity index (χ2v) is 4.96. The maximum Gasteiger partial charge on any atom is 0.150 e. The molecule has 0 amide bonds. The summed E-state index contributed by atoms with van der Waals surface area (Å²) in [5.41, 5.74) is 9.80. The zero-order valence-corrected chi connectivity index (χ0v) is 11.6. The minimum atomic E-state index is -0.276. The van der Waals surface area contributed by atoms with Gasteiger partial charge >= 0.3 is 0 Å². The van der Waals surface area contributed by atoms with Crippen molar-refractivity contribution in [2.75, 3.05) is 5.73 Å². The molecule has 1 aromatic carbocycles. The number of fused-ring (bicyclic) bond motifs is 1. The largest absolute Gasteiger partial charge is 0.383 e. The van der Waals surface area contributed by atoms with Crippen molar-refractivity contribution in [3.8, 4) is 5.69 Å². The fraction of sp³-hybridized carbons (Fsp3) is 0.200. The predicted octanol–water partition coefficient (Wildman–Crippen LogP) is 3.07. The predicted molar refractivity (Wildman–Crippen MR) is 77.4 cm³/mol. The number of nitrogen functional groups attached to an aromatic ring is 1. The molecule has 0 aliphatic heterocycles. The summed E-state index contributed by atoms with van der Waals surface area (Å²) in [7, 11) is 0. The monoisotopic (exact) mass is 270 g/mol. The highest BCUT2D eigenvalue weighted by Crippen LogP contribution is 2.30. The van der Waals surface area contributed by atoms with Crippen LogP contribution in [0.1, 0.15) is 16.8 Å². The Labute approximate surface area is 116 Å². The molecule has 0 saturated carbocycles. The number of hydrogen-bond acceptors (Lipinski definition) is 3. The summed E-state index contributed by atoms with van der Waals surface area (Å²) in [5, 5.41) is 0.782. The van der Waals surface area contributed by atoms with Gasteiger partial charge < -0.3 is 5.73 Å². The summed E-state index contributed by atoms with van der Waals surface area (Å²) < 4.78 is 16.0. The van der Waals surface area contributed by atoms with Gasteiger partial charge in [0.1, 0.15) is 18.0 Å². The highest BCUT2D eigenvalue weighted by atomic mass is 19.1. The SMILES string of the molecule is Cc1ccc(-n2c(C)c(C)c3c(N)ncnc32)c(F)c1. The number of hydrogen-bond donors (Lipinski definition) is 1. The second kappa shape index (κ2) is 4.30. The van der Waals surface area contributed by atoms with Crippen LogP contribution in [0.2, 0.25) is 0 Å². The molecule has 0 fully saturated rings. The number of aryl methyl sites for hydroxylation is 2. The van der Waals surface area contributed by atoms with Gasteiger partial charge in [0.15, 0.2) is 5.65 Å². The van der Waals surface area contributed by atoms with Gasteiger partial charge in [-0.3, -0.25) is 4.57 Å². The van der Waals surface area contributed by atoms with Gasteiger partial charge in [0.2, 0.25) is 0 Å². The molecule has 2 N–H and O–H groups in total. The van der Waals surface area contributed by atoms with Crippen LogP contribution in [0.3, 0.4) is 0 Å². The molecule has 0 saturated heterocycles. The van der Waals surface area contributed by atoms with Crippen LogP contribution < -0.4 is 5.73 Å². The van der Waals surface area contributed by atoms with Gasteiger partial charge in [-0.1, -0.05) is 6.07 Å². The first-order chi connectivity index (χ1) is 9.50. The highest BCUT2D eigenvalue weighted by Gasteiger charge is 2.18. The molecular formula is C15H15FN4. The van der Waals surface area contributed by atoms with Gasteiger partial charge in [0.05, 0.1) is 11.1 Å². The van der Waals surface area contributed by atoms with Crippen LogP contribution in [0.25, 0.3) is 16.7 Å². The van der Waals surface area contributed by atoms with Gasteiger partial charge in [-0.25, -0.2) is 14.4 Å². The topological polar surface area (TPSA) is 56.7 Å². The molecular weight excluding hydrogens is 255 g/mol. The Hall–Kier alpha value is -2.43. The Balaban J connectivity index is 2.42. The lowest BCUT2D eigenvalue weighted by atomic mass is 10.2. The number of aromatic nitrogens is 3. The third kappa shape index (κ3) is 1.66. The molecule has 5 heteroatoms. The molecule has 0 spiro atoms. The van der Waals surface area contributed by atoms with Gasteiger partial charge in [0, 0.05) is 5.69 Å². The number of rotatable bonds is 1. The first-order valence-electron chi connectivity index (χ1n) is 6.35. The maximum absolute atomic E-state index is 14.3. The van der Waals surface area contributed by atoms with Crippen molar-refractivity contribution >= 4 is 16.9 Å². The summed E-state index contributed by atoms with van der Waals surface area (Å²) >= 11 is 0. The van der Waals surface area contributed by atoms with E-state index in [2.05, 4.69) is 9.97 Å². The Morgan fingerprint density at radius 2 is 1.90 bits per heavy atom. The van der Waals surface area contributed by atoms with E-state index in [1.54, 1.807) is 10.6 Å². The molecule has 3 aromatic rings. The van der Waals surface area contributed by atoms with E-state index in [1.807, 2.05) is 26.8 Å². The molecule has 0 aliphatic rings. The van der Waals surface area contributed by atoms with Crippen molar-refractivity contribution in [1.29, 1.82) is 0 Å². The van der Waals surface area contributed by atoms with E-state index in [-0.39, 0.29) is 5.82 Å². The zero-order valence-electron chi connectivity index (χ0n) is 11.6. The van der Waals surface area contributed by atoms with Crippen molar-refractivity contribution in [2.45, 2.75) is 20.8 Å². The molecule has 0 bridgehead atoms. The van der Waals surface area contributed by atoms with Crippen molar-refractivity contribution < 1.29 is 4.39 Å². The molecule has 3 rings (SSSR count). The van der Waals surface area contributed by atoms with E-state index >= 15 is 0 Å². The second-order valence-electron chi connectivity index (χ2n) is 4.96. The summed E-state index contributed by atoms with van der Waals surface area (Å²) in [6.45, 7) is 5.73. The number of nitrogens with two attached hydrogens (primary N) is 1. The lowest BCUT2D eigenvalue weighted by molar-refractivity contribution is 0.617.